The summed E-state index contributed by atoms with van der Waals surface area (Å²) in [6, 6.07) is 0. The van der Waals surface area contributed by atoms with Gasteiger partial charge >= 0.3 is 5.97 Å². The van der Waals surface area contributed by atoms with Crippen molar-refractivity contribution in [1.82, 2.24) is 0 Å². The Hall–Kier alpha value is -1.13. The summed E-state index contributed by atoms with van der Waals surface area (Å²) in [5, 5.41) is 0.638. The van der Waals surface area contributed by atoms with Crippen molar-refractivity contribution in [3.05, 3.63) is 22.8 Å². The van der Waals surface area contributed by atoms with E-state index < -0.39 is 17.0 Å². The molecule has 0 N–H and O–H groups in total. The van der Waals surface area contributed by atoms with Gasteiger partial charge in [0.2, 0.25) is 0 Å². The first-order valence-corrected chi connectivity index (χ1v) is 11.8. The fourth-order valence-corrected chi connectivity index (χ4v) is 8.38. The first kappa shape index (κ1) is 22.1. The van der Waals surface area contributed by atoms with E-state index in [2.05, 4.69) is 19.9 Å². The van der Waals surface area contributed by atoms with Crippen LogP contribution in [0.15, 0.2) is 22.8 Å². The maximum atomic E-state index is 12.8. The average molecular weight is 453 g/mol. The molecule has 0 aromatic heterocycles. The third kappa shape index (κ3) is 2.75. The summed E-state index contributed by atoms with van der Waals surface area (Å²) in [7, 11) is 0. The molecule has 164 valence electrons. The predicted molar refractivity (Wildman–Crippen MR) is 116 cm³/mol. The normalized spacial score (nSPS) is 44.9. The Labute approximate surface area is 188 Å². The van der Waals surface area contributed by atoms with Gasteiger partial charge in [-0.05, 0) is 67.9 Å². The Bertz CT molecular complexity index is 876. The number of esters is 1. The number of ketones is 2. The molecule has 0 spiro atoms. The van der Waals surface area contributed by atoms with E-state index >= 15 is 0 Å². The number of ether oxygens (including phenoxy) is 1. The number of carbonyl (C=O) groups is 3. The van der Waals surface area contributed by atoms with Gasteiger partial charge in [-0.1, -0.05) is 31.5 Å². The highest BCUT2D eigenvalue weighted by atomic mass is 35.5. The van der Waals surface area contributed by atoms with Crippen LogP contribution >= 0.6 is 23.2 Å². The van der Waals surface area contributed by atoms with E-state index in [1.807, 2.05) is 0 Å². The molecule has 2 fully saturated rings. The molecule has 4 rings (SSSR count). The fraction of sp³-hybridized carbons (Fsp3) is 0.708. The Morgan fingerprint density at radius 3 is 2.43 bits per heavy atom. The predicted octanol–water partition coefficient (Wildman–Crippen LogP) is 5.22. The monoisotopic (exact) mass is 452 g/mol. The summed E-state index contributed by atoms with van der Waals surface area (Å²) >= 11 is 13.2. The summed E-state index contributed by atoms with van der Waals surface area (Å²) in [4.78, 5) is 37.1. The van der Waals surface area contributed by atoms with Crippen LogP contribution in [0.25, 0.3) is 0 Å². The average Bonchev–Trinajstić information content (AvgIpc) is 2.96. The maximum Gasteiger partial charge on any atom is 0.303 e. The number of hydrogen-bond acceptors (Lipinski definition) is 4. The number of rotatable bonds is 3. The minimum absolute atomic E-state index is 0.0402. The van der Waals surface area contributed by atoms with Gasteiger partial charge in [-0.2, -0.15) is 0 Å². The van der Waals surface area contributed by atoms with E-state index in [4.69, 9.17) is 27.9 Å². The van der Waals surface area contributed by atoms with Crippen LogP contribution in [-0.4, -0.2) is 29.0 Å². The third-order valence-electron chi connectivity index (χ3n) is 9.07. The second-order valence-corrected chi connectivity index (χ2v) is 10.9. The minimum Gasteiger partial charge on any atom is -0.451 e. The molecule has 7 atom stereocenters. The zero-order chi connectivity index (χ0) is 22.1. The van der Waals surface area contributed by atoms with Crippen molar-refractivity contribution in [3.63, 3.8) is 0 Å². The van der Waals surface area contributed by atoms with Crippen LogP contribution in [0.3, 0.4) is 0 Å². The summed E-state index contributed by atoms with van der Waals surface area (Å²) < 4.78 is 5.81. The van der Waals surface area contributed by atoms with Crippen molar-refractivity contribution in [2.24, 2.45) is 34.5 Å². The topological polar surface area (TPSA) is 60.4 Å². The minimum atomic E-state index is -1.07. The highest BCUT2D eigenvalue weighted by molar-refractivity contribution is 6.32. The number of Topliss-reactive ketones (excluding diaryl/α,β-unsaturated/α-hetero) is 1. The lowest BCUT2D eigenvalue weighted by Gasteiger charge is -2.59. The second-order valence-electron chi connectivity index (χ2n) is 10.1. The molecule has 0 bridgehead atoms. The van der Waals surface area contributed by atoms with Crippen molar-refractivity contribution in [3.8, 4) is 0 Å². The zero-order valence-corrected chi connectivity index (χ0v) is 19.6. The van der Waals surface area contributed by atoms with Gasteiger partial charge in [0.1, 0.15) is 0 Å². The number of halogens is 2. The van der Waals surface area contributed by atoms with Crippen molar-refractivity contribution >= 4 is 40.7 Å². The van der Waals surface area contributed by atoms with E-state index in [-0.39, 0.29) is 34.7 Å². The van der Waals surface area contributed by atoms with Crippen LogP contribution in [0.5, 0.6) is 0 Å². The van der Waals surface area contributed by atoms with Crippen molar-refractivity contribution in [2.45, 2.75) is 65.4 Å². The van der Waals surface area contributed by atoms with Crippen LogP contribution < -0.4 is 0 Å². The zero-order valence-electron chi connectivity index (χ0n) is 18.1. The van der Waals surface area contributed by atoms with Crippen LogP contribution in [-0.2, 0) is 19.1 Å². The van der Waals surface area contributed by atoms with Crippen molar-refractivity contribution < 1.29 is 19.1 Å². The van der Waals surface area contributed by atoms with E-state index in [9.17, 15) is 14.4 Å². The molecule has 0 heterocycles. The van der Waals surface area contributed by atoms with E-state index in [1.165, 1.54) is 6.92 Å². The van der Waals surface area contributed by atoms with Gasteiger partial charge in [0.15, 0.2) is 17.2 Å². The molecule has 30 heavy (non-hydrogen) atoms. The Kier molecular flexibility index (Phi) is 5.30. The molecule has 0 aliphatic heterocycles. The van der Waals surface area contributed by atoms with Gasteiger partial charge < -0.3 is 4.74 Å². The summed E-state index contributed by atoms with van der Waals surface area (Å²) in [5.41, 5.74) is -0.846. The van der Waals surface area contributed by atoms with Crippen LogP contribution in [0, 0.1) is 34.5 Å². The molecule has 4 nitrogen and oxygen atoms in total. The molecule has 6 heteroatoms. The van der Waals surface area contributed by atoms with Gasteiger partial charge in [-0.15, -0.1) is 11.6 Å². The number of alkyl halides is 1. The van der Waals surface area contributed by atoms with E-state index in [1.54, 1.807) is 13.0 Å². The summed E-state index contributed by atoms with van der Waals surface area (Å²) in [6.45, 7) is 7.26. The first-order chi connectivity index (χ1) is 14.0. The fourth-order valence-electron chi connectivity index (χ4n) is 7.54. The molecule has 0 aromatic carbocycles. The molecular formula is C24H30Cl2O4. The lowest BCUT2D eigenvalue weighted by atomic mass is 9.46. The SMILES string of the molecule is CC(=O)O[C@]1(C(C)=O)CC[C@H]2[C@@H]3C=C(Cl)C4=CC(=O)C[C@H](CCl)[C@]4(C)[C@H]3CC[C@@]21C. The van der Waals surface area contributed by atoms with Crippen LogP contribution in [0.4, 0.5) is 0 Å². The molecule has 0 aromatic rings. The second kappa shape index (κ2) is 7.20. The smallest absolute Gasteiger partial charge is 0.303 e. The molecule has 0 amide bonds. The number of fused-ring (bicyclic) bond motifs is 5. The summed E-state index contributed by atoms with van der Waals surface area (Å²) in [5.74, 6) is 0.705. The van der Waals surface area contributed by atoms with Gasteiger partial charge in [0.05, 0.1) is 0 Å². The summed E-state index contributed by atoms with van der Waals surface area (Å²) in [6.07, 6.45) is 7.31. The van der Waals surface area contributed by atoms with Crippen LogP contribution in [0.2, 0.25) is 0 Å². The van der Waals surface area contributed by atoms with Gasteiger partial charge in [-0.25, -0.2) is 0 Å². The Morgan fingerprint density at radius 1 is 1.17 bits per heavy atom. The third-order valence-corrected chi connectivity index (χ3v) is 9.77. The Balaban J connectivity index is 1.82. The molecule has 0 radical (unpaired) electrons. The highest BCUT2D eigenvalue weighted by Crippen LogP contribution is 2.68. The van der Waals surface area contributed by atoms with E-state index in [0.29, 0.717) is 29.7 Å². The molecule has 2 saturated carbocycles. The quantitative estimate of drug-likeness (QED) is 0.435. The lowest BCUT2D eigenvalue weighted by molar-refractivity contribution is -0.185. The first-order valence-electron chi connectivity index (χ1n) is 10.9. The lowest BCUT2D eigenvalue weighted by Crippen LogP contribution is -2.59. The number of hydrogen-bond donors (Lipinski definition) is 0. The van der Waals surface area contributed by atoms with E-state index in [0.717, 1.165) is 24.8 Å². The standard InChI is InChI=1S/C24H30Cl2O4/c1-13(27)24(30-14(2)28)8-6-18-17-11-21(26)20-10-16(29)9-15(12-25)23(20,4)19(17)5-7-22(18,24)3/h10-11,15,17-19H,5-9,12H2,1-4H3/t15-,17+,18+,19+,22+,23-,24+/m1/s1. The molecular weight excluding hydrogens is 423 g/mol. The van der Waals surface area contributed by atoms with Gasteiger partial charge in [0, 0.05) is 35.1 Å². The highest BCUT2D eigenvalue weighted by Gasteiger charge is 2.68. The van der Waals surface area contributed by atoms with Gasteiger partial charge in [0.25, 0.3) is 0 Å². The van der Waals surface area contributed by atoms with Crippen molar-refractivity contribution in [2.75, 3.05) is 5.88 Å². The van der Waals surface area contributed by atoms with Gasteiger partial charge in [-0.3, -0.25) is 14.4 Å². The molecule has 0 saturated heterocycles. The molecule has 4 aliphatic rings. The number of allylic oxidation sites excluding steroid dienone is 4. The number of carbonyl (C=O) groups excluding carboxylic acids is 3. The Morgan fingerprint density at radius 2 is 1.83 bits per heavy atom. The largest absolute Gasteiger partial charge is 0.451 e. The maximum absolute atomic E-state index is 12.8. The van der Waals surface area contributed by atoms with Crippen LogP contribution in [0.1, 0.15) is 59.8 Å². The molecule has 0 unspecified atom stereocenters. The molecule has 4 aliphatic carbocycles. The van der Waals surface area contributed by atoms with Crippen molar-refractivity contribution in [1.29, 1.82) is 0 Å².